The summed E-state index contributed by atoms with van der Waals surface area (Å²) >= 11 is 6.10. The molecule has 1 unspecified atom stereocenters. The molecule has 3 rings (SSSR count). The summed E-state index contributed by atoms with van der Waals surface area (Å²) in [6.07, 6.45) is 4.36. The fourth-order valence-electron chi connectivity index (χ4n) is 3.67. The van der Waals surface area contributed by atoms with E-state index in [4.69, 9.17) is 21.1 Å². The quantitative estimate of drug-likeness (QED) is 0.865. The van der Waals surface area contributed by atoms with Crippen molar-refractivity contribution in [3.05, 3.63) is 34.9 Å². The SMILES string of the molecule is OC(COCc1ccccc1Cl)CN1CCOC2(CCCC2)C1. The molecular formula is C18H26ClNO3. The van der Waals surface area contributed by atoms with E-state index in [0.29, 0.717) is 24.8 Å². The van der Waals surface area contributed by atoms with E-state index in [0.717, 1.165) is 38.1 Å². The lowest BCUT2D eigenvalue weighted by Crippen LogP contribution is -2.52. The summed E-state index contributed by atoms with van der Waals surface area (Å²) in [6.45, 7) is 4.01. The van der Waals surface area contributed by atoms with Gasteiger partial charge in [-0.25, -0.2) is 0 Å². The summed E-state index contributed by atoms with van der Waals surface area (Å²) in [5.41, 5.74) is 1.01. The maximum Gasteiger partial charge on any atom is 0.0900 e. The Morgan fingerprint density at radius 1 is 1.30 bits per heavy atom. The predicted molar refractivity (Wildman–Crippen MR) is 90.7 cm³/mol. The van der Waals surface area contributed by atoms with Crippen LogP contribution in [-0.2, 0) is 16.1 Å². The van der Waals surface area contributed by atoms with E-state index in [2.05, 4.69) is 4.90 Å². The Labute approximate surface area is 143 Å². The minimum absolute atomic E-state index is 0.0520. The highest BCUT2D eigenvalue weighted by molar-refractivity contribution is 6.31. The molecule has 2 aliphatic rings. The van der Waals surface area contributed by atoms with Crippen LogP contribution in [0.5, 0.6) is 0 Å². The van der Waals surface area contributed by atoms with Crippen molar-refractivity contribution in [1.82, 2.24) is 4.90 Å². The summed E-state index contributed by atoms with van der Waals surface area (Å²) < 4.78 is 11.6. The zero-order valence-corrected chi connectivity index (χ0v) is 14.3. The van der Waals surface area contributed by atoms with E-state index in [9.17, 15) is 5.11 Å². The number of benzene rings is 1. The molecule has 2 fully saturated rings. The molecule has 0 bridgehead atoms. The van der Waals surface area contributed by atoms with Crippen LogP contribution in [0.15, 0.2) is 24.3 Å². The zero-order chi connectivity index (χ0) is 16.1. The van der Waals surface area contributed by atoms with Crippen LogP contribution < -0.4 is 0 Å². The van der Waals surface area contributed by atoms with Crippen molar-refractivity contribution >= 4 is 11.6 Å². The van der Waals surface area contributed by atoms with Gasteiger partial charge in [0, 0.05) is 24.7 Å². The monoisotopic (exact) mass is 339 g/mol. The van der Waals surface area contributed by atoms with Crippen molar-refractivity contribution in [2.45, 2.75) is 44.0 Å². The average molecular weight is 340 g/mol. The molecule has 1 aromatic rings. The molecule has 1 spiro atoms. The number of β-amino-alcohol motifs (C(OH)–C–C–N with tert-alkyl or cyclic N) is 1. The van der Waals surface area contributed by atoms with Gasteiger partial charge in [-0.2, -0.15) is 0 Å². The molecule has 4 nitrogen and oxygen atoms in total. The fraction of sp³-hybridized carbons (Fsp3) is 0.667. The van der Waals surface area contributed by atoms with Crippen LogP contribution in [0, 0.1) is 0 Å². The number of aliphatic hydroxyl groups excluding tert-OH is 1. The van der Waals surface area contributed by atoms with Crippen molar-refractivity contribution < 1.29 is 14.6 Å². The van der Waals surface area contributed by atoms with Crippen LogP contribution in [0.25, 0.3) is 0 Å². The average Bonchev–Trinajstić information content (AvgIpc) is 2.97. The third-order valence-electron chi connectivity index (χ3n) is 4.84. The molecule has 1 N–H and O–H groups in total. The van der Waals surface area contributed by atoms with E-state index in [1.54, 1.807) is 0 Å². The first-order valence-electron chi connectivity index (χ1n) is 8.52. The van der Waals surface area contributed by atoms with Crippen LogP contribution in [0.4, 0.5) is 0 Å². The van der Waals surface area contributed by atoms with Gasteiger partial charge >= 0.3 is 0 Å². The summed E-state index contributed by atoms with van der Waals surface area (Å²) in [5, 5.41) is 10.9. The number of rotatable bonds is 6. The molecule has 0 amide bonds. The van der Waals surface area contributed by atoms with E-state index in [1.165, 1.54) is 12.8 Å². The first-order valence-corrected chi connectivity index (χ1v) is 8.90. The molecular weight excluding hydrogens is 314 g/mol. The molecule has 5 heteroatoms. The maximum absolute atomic E-state index is 10.2. The summed E-state index contributed by atoms with van der Waals surface area (Å²) in [6, 6.07) is 7.64. The fourth-order valence-corrected chi connectivity index (χ4v) is 3.86. The van der Waals surface area contributed by atoms with Gasteiger partial charge in [-0.15, -0.1) is 0 Å². The summed E-state index contributed by atoms with van der Waals surface area (Å²) in [4.78, 5) is 2.32. The van der Waals surface area contributed by atoms with Gasteiger partial charge in [-0.05, 0) is 24.5 Å². The van der Waals surface area contributed by atoms with Gasteiger partial charge in [-0.1, -0.05) is 42.6 Å². The third kappa shape index (κ3) is 4.68. The Hall–Kier alpha value is -0.650. The number of hydrogen-bond acceptors (Lipinski definition) is 4. The molecule has 1 heterocycles. The van der Waals surface area contributed by atoms with Crippen LogP contribution in [0.2, 0.25) is 5.02 Å². The first-order chi connectivity index (χ1) is 11.2. The lowest BCUT2D eigenvalue weighted by Gasteiger charge is -2.41. The Balaban J connectivity index is 1.40. The Kier molecular flexibility index (Phi) is 5.94. The molecule has 0 radical (unpaired) electrons. The molecule has 128 valence electrons. The van der Waals surface area contributed by atoms with Gasteiger partial charge < -0.3 is 14.6 Å². The second kappa shape index (κ2) is 7.95. The first kappa shape index (κ1) is 17.2. The molecule has 1 saturated heterocycles. The van der Waals surface area contributed by atoms with Gasteiger partial charge in [0.15, 0.2) is 0 Å². The highest BCUT2D eigenvalue weighted by Crippen LogP contribution is 2.35. The van der Waals surface area contributed by atoms with Crippen molar-refractivity contribution in [2.24, 2.45) is 0 Å². The lowest BCUT2D eigenvalue weighted by molar-refractivity contribution is -0.114. The lowest BCUT2D eigenvalue weighted by atomic mass is 9.99. The van der Waals surface area contributed by atoms with Crippen LogP contribution in [-0.4, -0.2) is 54.6 Å². The second-order valence-corrected chi connectivity index (χ2v) is 7.14. The molecule has 1 atom stereocenters. The Morgan fingerprint density at radius 3 is 2.87 bits per heavy atom. The van der Waals surface area contributed by atoms with E-state index >= 15 is 0 Å². The predicted octanol–water partition coefficient (Wildman–Crippen LogP) is 2.86. The van der Waals surface area contributed by atoms with Crippen LogP contribution in [0.3, 0.4) is 0 Å². The molecule has 1 aliphatic heterocycles. The second-order valence-electron chi connectivity index (χ2n) is 6.73. The van der Waals surface area contributed by atoms with Crippen molar-refractivity contribution in [3.63, 3.8) is 0 Å². The van der Waals surface area contributed by atoms with Gasteiger partial charge in [0.1, 0.15) is 0 Å². The Bertz CT molecular complexity index is 505. The van der Waals surface area contributed by atoms with E-state index < -0.39 is 6.10 Å². The number of halogens is 1. The molecule has 1 saturated carbocycles. The van der Waals surface area contributed by atoms with Crippen molar-refractivity contribution in [3.8, 4) is 0 Å². The van der Waals surface area contributed by atoms with Gasteiger partial charge in [0.2, 0.25) is 0 Å². The van der Waals surface area contributed by atoms with E-state index in [-0.39, 0.29) is 5.60 Å². The molecule has 1 aliphatic carbocycles. The van der Waals surface area contributed by atoms with Gasteiger partial charge in [-0.3, -0.25) is 4.90 Å². The number of aliphatic hydroxyl groups is 1. The minimum Gasteiger partial charge on any atom is -0.389 e. The van der Waals surface area contributed by atoms with Crippen LogP contribution in [0.1, 0.15) is 31.2 Å². The number of ether oxygens (including phenoxy) is 2. The third-order valence-corrected chi connectivity index (χ3v) is 5.21. The highest BCUT2D eigenvalue weighted by Gasteiger charge is 2.39. The van der Waals surface area contributed by atoms with Crippen LogP contribution >= 0.6 is 11.6 Å². The summed E-state index contributed by atoms with van der Waals surface area (Å²) in [7, 11) is 0. The molecule has 23 heavy (non-hydrogen) atoms. The normalized spacial score (nSPS) is 22.5. The summed E-state index contributed by atoms with van der Waals surface area (Å²) in [5.74, 6) is 0. The minimum atomic E-state index is -0.478. The number of morpholine rings is 1. The maximum atomic E-state index is 10.2. The van der Waals surface area contributed by atoms with Gasteiger partial charge in [0.05, 0.1) is 31.5 Å². The number of nitrogens with zero attached hydrogens (tertiary/aromatic N) is 1. The van der Waals surface area contributed by atoms with E-state index in [1.807, 2.05) is 24.3 Å². The smallest absolute Gasteiger partial charge is 0.0900 e. The Morgan fingerprint density at radius 2 is 2.09 bits per heavy atom. The van der Waals surface area contributed by atoms with Crippen molar-refractivity contribution in [1.29, 1.82) is 0 Å². The number of hydrogen-bond donors (Lipinski definition) is 1. The van der Waals surface area contributed by atoms with Crippen molar-refractivity contribution in [2.75, 3.05) is 32.8 Å². The molecule has 1 aromatic carbocycles. The molecule has 0 aromatic heterocycles. The standard InChI is InChI=1S/C18H26ClNO3/c19-17-6-2-1-5-15(17)12-22-13-16(21)11-20-9-10-23-18(14-20)7-3-4-8-18/h1-2,5-6,16,21H,3-4,7-14H2. The highest BCUT2D eigenvalue weighted by atomic mass is 35.5. The topological polar surface area (TPSA) is 41.9 Å². The zero-order valence-electron chi connectivity index (χ0n) is 13.5. The van der Waals surface area contributed by atoms with Gasteiger partial charge in [0.25, 0.3) is 0 Å². The largest absolute Gasteiger partial charge is 0.389 e.